The minimum absolute atomic E-state index is 0. The smallest absolute Gasteiger partial charge is 0.870 e. The number of hydrogen-bond acceptors (Lipinski definition) is 11. The number of rotatable bonds is 10. The van der Waals surface area contributed by atoms with Crippen molar-refractivity contribution in [3.05, 3.63) is 203 Å². The number of aromatic hydroxyl groups is 2. The molecule has 10 rings (SSSR count). The monoisotopic (exact) mass is 1400 g/mol. The Hall–Kier alpha value is -5.32. The van der Waals surface area contributed by atoms with Gasteiger partial charge in [0, 0.05) is 130 Å². The molecule has 6 aromatic carbocycles. The second-order valence-corrected chi connectivity index (χ2v) is 20.0. The second kappa shape index (κ2) is 33.9. The van der Waals surface area contributed by atoms with Gasteiger partial charge in [0.2, 0.25) is 22.7 Å². The fourth-order valence-electron chi connectivity index (χ4n) is 9.34. The number of nitrogens with zero attached hydrogens (tertiary/aromatic N) is 7. The molecule has 12 N–H and O–H groups in total. The molecule has 0 aliphatic carbocycles. The van der Waals surface area contributed by atoms with Crippen LogP contribution < -0.4 is 56.6 Å². The summed E-state index contributed by atoms with van der Waals surface area (Å²) in [7, 11) is 0. The number of fused-ring (bicyclic) bond motifs is 2. The number of carboxylic acid groups (broad SMARTS) is 2. The largest absolute Gasteiger partial charge is 1.00 e. The molecule has 460 valence electrons. The molecular weight excluding hydrogens is 1350 g/mol. The van der Waals surface area contributed by atoms with Crippen molar-refractivity contribution in [2.75, 3.05) is 12.8 Å². The van der Waals surface area contributed by atoms with Crippen molar-refractivity contribution in [2.24, 2.45) is 0 Å². The minimum Gasteiger partial charge on any atom is -0.870 e. The maximum Gasteiger partial charge on any atom is 1.00 e. The summed E-state index contributed by atoms with van der Waals surface area (Å²) in [6, 6.07) is 41.8. The van der Waals surface area contributed by atoms with Gasteiger partial charge in [-0.05, 0) is 41.8 Å². The number of carboxylic acids is 2. The van der Waals surface area contributed by atoms with Crippen LogP contribution in [0.3, 0.4) is 0 Å². The molecule has 4 aliphatic heterocycles. The van der Waals surface area contributed by atoms with Gasteiger partial charge in [-0.15, -0.1) is 35.6 Å². The van der Waals surface area contributed by atoms with E-state index in [1.54, 1.807) is 153 Å². The number of phenolic OH excluding ortho intramolecular Hbond substituents is 2. The Balaban J connectivity index is 0.000000576. The van der Waals surface area contributed by atoms with Gasteiger partial charge in [-0.3, -0.25) is 0 Å². The first-order valence-electron chi connectivity index (χ1n) is 23.8. The number of aryl methyl sites for hydroxylation is 1. The molecule has 22 nitrogen and oxygen atoms in total. The number of halogens is 10. The van der Waals surface area contributed by atoms with Crippen molar-refractivity contribution in [2.45, 2.75) is 54.5 Å². The Labute approximate surface area is 568 Å². The van der Waals surface area contributed by atoms with Gasteiger partial charge in [0.1, 0.15) is 23.6 Å². The molecule has 0 radical (unpaired) electrons. The van der Waals surface area contributed by atoms with Crippen molar-refractivity contribution in [1.82, 2.24) is 36.2 Å². The summed E-state index contributed by atoms with van der Waals surface area (Å²) in [5, 5.41) is 41.7. The number of nitrogens with one attached hydrogen (secondary N) is 1. The molecule has 4 fully saturated rings. The summed E-state index contributed by atoms with van der Waals surface area (Å²) in [6.07, 6.45) is 3.59. The topological polar surface area (TPSA) is 340 Å². The van der Waals surface area contributed by atoms with Crippen LogP contribution in [0.1, 0.15) is 38.9 Å². The Kier molecular flexibility index (Phi) is 31.0. The van der Waals surface area contributed by atoms with E-state index in [2.05, 4.69) is 40.0 Å². The molecule has 8 amide bonds. The van der Waals surface area contributed by atoms with Crippen molar-refractivity contribution >= 4 is 154 Å². The standard InChI is InChI=1S/C16H10Cl4N4O2.C16H11Cl3N4O2.C10H13NO3.C9H11NO3.2CH3Cl.ClH.Na.2H2O/c17-21-13(25)23(19)16(12-9-5-2-6-10-12)15(21,11-7-3-1-4-8-11)22(18)14(26)24(16)20;17-21-13(24)20-15(11-7-3-1-4-8-11)16(21,12-9-5-2-6-10-12)23(19)14(25)22(15)18;1-6-4-7(2-3-9(6)12)5-8(11)10(13)14;10-8(9(12)13)5-6-1-3-7(11)4-2-6;2*1-2;;;;/h1-10H;1-10H,(H,20,24);2-4,8,12H,5,11H2,1H3,(H,13,14);1-4,8,11H,5,10H2,(H,12,13);2*1H3;1H;;2*1H2/q;;;;;;;+1;;/p-1. The zero-order valence-electron chi connectivity index (χ0n) is 45.6. The fourth-order valence-corrected chi connectivity index (χ4v) is 12.1. The SMILES string of the molecule is CCl.CCl.Cc1cc(CC([NH3+])C(=O)[O-])ccc1O.Cl.O.O=C1N(Cl)C2(c3ccccc3)N(Cl)C(=O)N(Cl)C2(c2ccccc2)N1Cl.O=C1NC2(c3ccccc3)N(Cl)C(=O)N(Cl)C2(c2ccccc2)N1Cl.[NH3+]C(Cc1ccc(O)cc1)C(=O)[O-].[Na+].[OH-]. The maximum atomic E-state index is 12.8. The number of quaternary nitrogens is 2. The van der Waals surface area contributed by atoms with Gasteiger partial charge < -0.3 is 57.8 Å². The van der Waals surface area contributed by atoms with E-state index in [0.29, 0.717) is 35.1 Å². The Morgan fingerprint density at radius 2 is 0.802 bits per heavy atom. The van der Waals surface area contributed by atoms with E-state index in [0.717, 1.165) is 47.6 Å². The summed E-state index contributed by atoms with van der Waals surface area (Å²) in [5.41, 5.74) is 4.75. The van der Waals surface area contributed by atoms with Crippen molar-refractivity contribution in [3.63, 3.8) is 0 Å². The number of hydrogen-bond donors (Lipinski definition) is 5. The number of carbonyl (C=O) groups excluding carboxylic acids is 6. The van der Waals surface area contributed by atoms with E-state index in [1.165, 1.54) is 24.9 Å². The first-order chi connectivity index (χ1) is 39.0. The third-order valence-corrected chi connectivity index (χ3v) is 15.8. The number of carbonyl (C=O) groups is 6. The molecule has 4 atom stereocenters. The van der Waals surface area contributed by atoms with E-state index in [-0.39, 0.29) is 64.4 Å². The fraction of sp³-hybridized carbons (Fsp3) is 0.208. The Morgan fingerprint density at radius 1 is 0.500 bits per heavy atom. The van der Waals surface area contributed by atoms with E-state index in [4.69, 9.17) is 87.5 Å². The Morgan fingerprint density at radius 3 is 1.15 bits per heavy atom. The predicted octanol–water partition coefficient (Wildman–Crippen LogP) is 3.73. The minimum atomic E-state index is -1.71. The molecule has 4 heterocycles. The third kappa shape index (κ3) is 14.2. The number of urea groups is 4. The normalized spacial score (nSPS) is 20.8. The van der Waals surface area contributed by atoms with Crippen LogP contribution in [0, 0.1) is 6.92 Å². The van der Waals surface area contributed by atoms with Crippen LogP contribution in [0.25, 0.3) is 0 Å². The summed E-state index contributed by atoms with van der Waals surface area (Å²) in [5.74, 6) is -1.94. The molecule has 4 aliphatic rings. The van der Waals surface area contributed by atoms with E-state index >= 15 is 0 Å². The zero-order valence-corrected chi connectivity index (χ0v) is 55.2. The van der Waals surface area contributed by atoms with Crippen molar-refractivity contribution < 1.29 is 101 Å². The van der Waals surface area contributed by atoms with E-state index in [9.17, 15) is 44.1 Å². The number of amides is 8. The molecule has 0 spiro atoms. The van der Waals surface area contributed by atoms with E-state index in [1.807, 2.05) is 6.07 Å². The van der Waals surface area contributed by atoms with Crippen LogP contribution in [-0.2, 0) is 45.1 Å². The average molecular weight is 1400 g/mol. The summed E-state index contributed by atoms with van der Waals surface area (Å²) in [6.45, 7) is 1.76. The van der Waals surface area contributed by atoms with Gasteiger partial charge in [-0.2, -0.15) is 22.1 Å². The maximum absolute atomic E-state index is 12.8. The molecule has 0 bridgehead atoms. The summed E-state index contributed by atoms with van der Waals surface area (Å²) >= 11 is 54.1. The molecular formula is C53H55Cl10N10NaO12. The Bertz CT molecular complexity index is 3120. The predicted molar refractivity (Wildman–Crippen MR) is 319 cm³/mol. The molecule has 0 saturated carbocycles. The molecule has 4 saturated heterocycles. The van der Waals surface area contributed by atoms with Crippen molar-refractivity contribution in [1.29, 1.82) is 0 Å². The van der Waals surface area contributed by atoms with Crippen molar-refractivity contribution in [3.8, 4) is 11.5 Å². The van der Waals surface area contributed by atoms with Crippen LogP contribution in [0.15, 0.2) is 164 Å². The van der Waals surface area contributed by atoms with Gasteiger partial charge in [0.25, 0.3) is 0 Å². The average Bonchev–Trinajstić information content (AvgIpc) is 1.50. The quantitative estimate of drug-likeness (QED) is 0.0747. The molecule has 0 aromatic heterocycles. The van der Waals surface area contributed by atoms with Crippen LogP contribution in [-0.4, -0.2) is 113 Å². The number of phenols is 2. The molecule has 33 heteroatoms. The number of benzene rings is 6. The summed E-state index contributed by atoms with van der Waals surface area (Å²) < 4.78 is 5.81. The van der Waals surface area contributed by atoms with Gasteiger partial charge in [0.15, 0.2) is 0 Å². The number of alkyl halides is 2. The van der Waals surface area contributed by atoms with Crippen LogP contribution in [0.5, 0.6) is 11.5 Å². The van der Waals surface area contributed by atoms with Gasteiger partial charge in [0.05, 0.1) is 11.9 Å². The number of aliphatic carboxylic acids is 2. The third-order valence-electron chi connectivity index (χ3n) is 13.0. The van der Waals surface area contributed by atoms with E-state index < -0.39 is 70.8 Å². The van der Waals surface area contributed by atoms with Gasteiger partial charge >= 0.3 is 53.7 Å². The molecule has 86 heavy (non-hydrogen) atoms. The second-order valence-electron chi connectivity index (χ2n) is 17.7. The molecule has 6 aromatic rings. The van der Waals surface area contributed by atoms with Gasteiger partial charge in [-0.1, -0.05) is 146 Å². The van der Waals surface area contributed by atoms with Gasteiger partial charge in [-0.25, -0.2) is 28.0 Å². The summed E-state index contributed by atoms with van der Waals surface area (Å²) in [4.78, 5) is 71.6. The first kappa shape index (κ1) is 78.7. The van der Waals surface area contributed by atoms with Crippen LogP contribution >= 0.6 is 118 Å². The van der Waals surface area contributed by atoms with Crippen LogP contribution in [0.2, 0.25) is 0 Å². The van der Waals surface area contributed by atoms with Crippen LogP contribution in [0.4, 0.5) is 19.2 Å². The zero-order chi connectivity index (χ0) is 61.1. The molecule has 4 unspecified atom stereocenters. The first-order valence-corrected chi connectivity index (χ1v) is 27.6.